The van der Waals surface area contributed by atoms with Crippen LogP contribution in [0.3, 0.4) is 0 Å². The average molecular weight is 230 g/mol. The number of hydrogen-bond acceptors (Lipinski definition) is 5. The van der Waals surface area contributed by atoms with Gasteiger partial charge < -0.3 is 5.11 Å². The van der Waals surface area contributed by atoms with Crippen LogP contribution in [0.4, 0.5) is 5.95 Å². The van der Waals surface area contributed by atoms with Crippen LogP contribution in [0.5, 0.6) is 0 Å². The minimum absolute atomic E-state index is 0.0324. The van der Waals surface area contributed by atoms with E-state index in [0.29, 0.717) is 0 Å². The maximum Gasteiger partial charge on any atom is 0.275 e. The Labute approximate surface area is 89.9 Å². The van der Waals surface area contributed by atoms with E-state index < -0.39 is 12.1 Å². The maximum absolute atomic E-state index is 11.6. The van der Waals surface area contributed by atoms with Crippen molar-refractivity contribution >= 4 is 23.5 Å². The molecule has 0 spiro atoms. The van der Waals surface area contributed by atoms with E-state index in [1.54, 1.807) is 7.05 Å². The topological polar surface area (TPSA) is 84.1 Å². The summed E-state index contributed by atoms with van der Waals surface area (Å²) in [6.45, 7) is 1.53. The van der Waals surface area contributed by atoms with Crippen molar-refractivity contribution in [3.8, 4) is 0 Å². The van der Waals surface area contributed by atoms with Crippen LogP contribution in [0.1, 0.15) is 6.92 Å². The molecule has 0 fully saturated rings. The fourth-order valence-corrected chi connectivity index (χ4v) is 1.45. The molecule has 0 aromatic carbocycles. The predicted octanol–water partition coefficient (Wildman–Crippen LogP) is -0.612. The van der Waals surface area contributed by atoms with Crippen molar-refractivity contribution in [3.05, 3.63) is 10.6 Å². The fourth-order valence-electron chi connectivity index (χ4n) is 1.27. The lowest BCUT2D eigenvalue weighted by Crippen LogP contribution is -2.36. The molecule has 0 saturated heterocycles. The van der Waals surface area contributed by atoms with Gasteiger partial charge in [-0.1, -0.05) is 16.7 Å². The second kappa shape index (κ2) is 3.28. The largest absolute Gasteiger partial charge is 0.368 e. The van der Waals surface area contributed by atoms with E-state index in [0.717, 1.165) is 4.90 Å². The summed E-state index contributed by atoms with van der Waals surface area (Å²) in [5, 5.41) is 20.8. The van der Waals surface area contributed by atoms with Crippen LogP contribution in [-0.2, 0) is 11.8 Å². The molecule has 8 heteroatoms. The average Bonchev–Trinajstić information content (AvgIpc) is 2.68. The number of nitrogens with zero attached hydrogens (tertiary/aromatic N) is 5. The summed E-state index contributed by atoms with van der Waals surface area (Å²) >= 11 is 5.74. The summed E-state index contributed by atoms with van der Waals surface area (Å²) in [6, 6.07) is 0. The van der Waals surface area contributed by atoms with Gasteiger partial charge >= 0.3 is 0 Å². The van der Waals surface area contributed by atoms with Crippen LogP contribution >= 0.6 is 11.6 Å². The van der Waals surface area contributed by atoms with Crippen LogP contribution in [0.2, 0.25) is 0 Å². The van der Waals surface area contributed by atoms with Crippen molar-refractivity contribution in [2.24, 2.45) is 7.05 Å². The summed E-state index contributed by atoms with van der Waals surface area (Å²) in [6.07, 6.45) is -1.22. The van der Waals surface area contributed by atoms with Gasteiger partial charge in [0, 0.05) is 5.57 Å². The number of halogens is 1. The predicted molar refractivity (Wildman–Crippen MR) is 50.8 cm³/mol. The van der Waals surface area contributed by atoms with E-state index in [1.807, 2.05) is 0 Å². The Hall–Kier alpha value is -1.47. The van der Waals surface area contributed by atoms with Gasteiger partial charge in [-0.3, -0.25) is 4.79 Å². The molecular formula is C7H8ClN5O2. The Morgan fingerprint density at radius 1 is 1.53 bits per heavy atom. The summed E-state index contributed by atoms with van der Waals surface area (Å²) in [7, 11) is 1.56. The first-order valence-corrected chi connectivity index (χ1v) is 4.52. The summed E-state index contributed by atoms with van der Waals surface area (Å²) in [4.78, 5) is 13.8. The van der Waals surface area contributed by atoms with E-state index in [9.17, 15) is 9.90 Å². The third kappa shape index (κ3) is 1.40. The quantitative estimate of drug-likeness (QED) is 0.694. The lowest BCUT2D eigenvalue weighted by molar-refractivity contribution is -0.115. The molecule has 1 atom stereocenters. The summed E-state index contributed by atoms with van der Waals surface area (Å²) in [5.74, 6) is -0.384. The minimum Gasteiger partial charge on any atom is -0.368 e. The van der Waals surface area contributed by atoms with Gasteiger partial charge in [0.25, 0.3) is 11.9 Å². The van der Waals surface area contributed by atoms with E-state index in [-0.39, 0.29) is 16.6 Å². The molecule has 15 heavy (non-hydrogen) atoms. The van der Waals surface area contributed by atoms with Crippen LogP contribution in [0.25, 0.3) is 0 Å². The summed E-state index contributed by atoms with van der Waals surface area (Å²) in [5.41, 5.74) is 0.289. The van der Waals surface area contributed by atoms with Crippen LogP contribution in [0, 0.1) is 0 Å². The molecule has 1 N–H and O–H groups in total. The highest BCUT2D eigenvalue weighted by molar-refractivity contribution is 6.35. The number of anilines is 1. The fraction of sp³-hybridized carbons (Fsp3) is 0.429. The van der Waals surface area contributed by atoms with Gasteiger partial charge in [0.15, 0.2) is 6.23 Å². The van der Waals surface area contributed by atoms with Crippen LogP contribution < -0.4 is 4.90 Å². The molecule has 1 amide bonds. The van der Waals surface area contributed by atoms with Crippen molar-refractivity contribution in [1.82, 2.24) is 20.2 Å². The molecule has 1 unspecified atom stereocenters. The van der Waals surface area contributed by atoms with Crippen molar-refractivity contribution < 1.29 is 9.90 Å². The van der Waals surface area contributed by atoms with E-state index in [1.165, 1.54) is 11.7 Å². The molecule has 1 aliphatic rings. The third-order valence-corrected chi connectivity index (χ3v) is 2.56. The normalized spacial score (nSPS) is 21.7. The molecule has 1 aromatic heterocycles. The number of aryl methyl sites for hydroxylation is 1. The molecule has 80 valence electrons. The number of amides is 1. The SMILES string of the molecule is CC1=C(Cl)C(O)N(c2nnn(C)n2)C1=O. The van der Waals surface area contributed by atoms with Gasteiger partial charge in [-0.15, -0.1) is 5.10 Å². The Morgan fingerprint density at radius 2 is 2.20 bits per heavy atom. The van der Waals surface area contributed by atoms with Crippen LogP contribution in [0.15, 0.2) is 10.6 Å². The smallest absolute Gasteiger partial charge is 0.275 e. The number of aliphatic hydroxyl groups is 1. The number of carbonyl (C=O) groups excluding carboxylic acids is 1. The second-order valence-corrected chi connectivity index (χ2v) is 3.51. The maximum atomic E-state index is 11.6. The van der Waals surface area contributed by atoms with Gasteiger partial charge in [0.2, 0.25) is 0 Å². The Bertz CT molecular complexity index is 454. The number of rotatable bonds is 1. The van der Waals surface area contributed by atoms with E-state index in [4.69, 9.17) is 11.6 Å². The summed E-state index contributed by atoms with van der Waals surface area (Å²) < 4.78 is 0. The number of aromatic nitrogens is 4. The lowest BCUT2D eigenvalue weighted by atomic mass is 10.3. The number of carbonyl (C=O) groups is 1. The molecule has 1 aliphatic heterocycles. The Balaban J connectivity index is 2.38. The molecule has 0 saturated carbocycles. The molecule has 0 bridgehead atoms. The molecule has 0 aliphatic carbocycles. The highest BCUT2D eigenvalue weighted by Gasteiger charge is 2.38. The van der Waals surface area contributed by atoms with Gasteiger partial charge in [-0.2, -0.15) is 4.80 Å². The van der Waals surface area contributed by atoms with Crippen molar-refractivity contribution in [2.75, 3.05) is 4.90 Å². The van der Waals surface area contributed by atoms with Crippen molar-refractivity contribution in [3.63, 3.8) is 0 Å². The monoisotopic (exact) mass is 229 g/mol. The van der Waals surface area contributed by atoms with Gasteiger partial charge in [0.05, 0.1) is 12.1 Å². The molecule has 2 heterocycles. The number of tetrazole rings is 1. The van der Waals surface area contributed by atoms with Crippen molar-refractivity contribution in [1.29, 1.82) is 0 Å². The van der Waals surface area contributed by atoms with Gasteiger partial charge in [-0.05, 0) is 12.1 Å². The van der Waals surface area contributed by atoms with Gasteiger partial charge in [0.1, 0.15) is 0 Å². The molecule has 1 aromatic rings. The van der Waals surface area contributed by atoms with E-state index >= 15 is 0 Å². The zero-order valence-electron chi connectivity index (χ0n) is 8.05. The Morgan fingerprint density at radius 3 is 2.60 bits per heavy atom. The van der Waals surface area contributed by atoms with Crippen molar-refractivity contribution in [2.45, 2.75) is 13.2 Å². The third-order valence-electron chi connectivity index (χ3n) is 2.08. The highest BCUT2D eigenvalue weighted by atomic mass is 35.5. The van der Waals surface area contributed by atoms with Gasteiger partial charge in [-0.25, -0.2) is 4.90 Å². The van der Waals surface area contributed by atoms with Crippen LogP contribution in [-0.4, -0.2) is 37.4 Å². The number of aliphatic hydroxyl groups excluding tert-OH is 1. The highest BCUT2D eigenvalue weighted by Crippen LogP contribution is 2.29. The Kier molecular flexibility index (Phi) is 2.20. The molecule has 0 radical (unpaired) electrons. The molecular weight excluding hydrogens is 222 g/mol. The number of hydrogen-bond donors (Lipinski definition) is 1. The second-order valence-electron chi connectivity index (χ2n) is 3.10. The standard InChI is InChI=1S/C7H8ClN5O2/c1-3-4(8)6(15)13(5(3)14)7-9-11-12(2)10-7/h6,15H,1-2H3. The first-order chi connectivity index (χ1) is 7.02. The van der Waals surface area contributed by atoms with E-state index in [2.05, 4.69) is 15.4 Å². The minimum atomic E-state index is -1.22. The lowest BCUT2D eigenvalue weighted by Gasteiger charge is -2.15. The molecule has 2 rings (SSSR count). The first kappa shape index (κ1) is 10.1. The zero-order chi connectivity index (χ0) is 11.2. The molecule has 7 nitrogen and oxygen atoms in total. The zero-order valence-corrected chi connectivity index (χ0v) is 8.80. The first-order valence-electron chi connectivity index (χ1n) is 4.14.